The third-order valence-corrected chi connectivity index (χ3v) is 15.5. The van der Waals surface area contributed by atoms with E-state index >= 15 is 0 Å². The molecular formula is C66H51N3PtS. The number of aromatic nitrogens is 3. The van der Waals surface area contributed by atoms with Crippen molar-refractivity contribution in [3.8, 4) is 67.3 Å². The molecule has 0 radical (unpaired) electrons. The Labute approximate surface area is 435 Å². The summed E-state index contributed by atoms with van der Waals surface area (Å²) >= 11 is 1.91. The summed E-state index contributed by atoms with van der Waals surface area (Å²) < 4.78 is 1.22. The van der Waals surface area contributed by atoms with Crippen molar-refractivity contribution < 1.29 is 21.1 Å². The second-order valence-corrected chi connectivity index (χ2v) is 21.6. The molecule has 1 aliphatic carbocycles. The van der Waals surface area contributed by atoms with E-state index in [9.17, 15) is 0 Å². The van der Waals surface area contributed by atoms with E-state index < -0.39 is 5.41 Å². The van der Waals surface area contributed by atoms with Crippen molar-refractivity contribution in [2.45, 2.75) is 57.8 Å². The molecule has 4 aromatic heterocycles. The molecule has 4 heterocycles. The van der Waals surface area contributed by atoms with Gasteiger partial charge in [-0.05, 0) is 84.4 Å². The van der Waals surface area contributed by atoms with Crippen LogP contribution in [-0.2, 0) is 37.3 Å². The molecule has 0 saturated carbocycles. The second-order valence-electron chi connectivity index (χ2n) is 20.6. The van der Waals surface area contributed by atoms with Gasteiger partial charge in [0.2, 0.25) is 0 Å². The van der Waals surface area contributed by atoms with Crippen molar-refractivity contribution in [2.24, 2.45) is 0 Å². The van der Waals surface area contributed by atoms with E-state index in [1.807, 2.05) is 23.5 Å². The summed E-state index contributed by atoms with van der Waals surface area (Å²) in [6.07, 6.45) is 0. The van der Waals surface area contributed by atoms with Crippen LogP contribution in [0.15, 0.2) is 200 Å². The minimum Gasteiger partial charge on any atom is -0.300 e. The largest absolute Gasteiger partial charge is 2.00 e. The Kier molecular flexibility index (Phi) is 11.7. The molecule has 0 bridgehead atoms. The molecule has 0 atom stereocenters. The zero-order valence-electron chi connectivity index (χ0n) is 40.6. The predicted molar refractivity (Wildman–Crippen MR) is 292 cm³/mol. The number of hydrogen-bond donors (Lipinski definition) is 0. The molecule has 12 rings (SSSR count). The molecule has 71 heavy (non-hydrogen) atoms. The fraction of sp³-hybridized carbons (Fsp3) is 0.136. The van der Waals surface area contributed by atoms with Gasteiger partial charge in [0, 0.05) is 21.7 Å². The average molecular weight is 1110 g/mol. The molecule has 7 aromatic carbocycles. The van der Waals surface area contributed by atoms with Crippen LogP contribution in [0.3, 0.4) is 0 Å². The monoisotopic (exact) mass is 1110 g/mol. The van der Waals surface area contributed by atoms with Crippen molar-refractivity contribution in [1.29, 1.82) is 0 Å². The van der Waals surface area contributed by atoms with Gasteiger partial charge in [-0.25, -0.2) is 4.98 Å². The Morgan fingerprint density at radius 3 is 1.65 bits per heavy atom. The SMILES string of the molecule is CC(C)(C)c1sc2c(-c3cccc(C4(c5cc(-c6cc(-c7ccccc7)nc(-c7ccccc7)c6)cc(-c6[c-]cccc6)n5)c5ccccc5-c5ccccc54)n3)[c-]c3ccccc3c2c1C(C)(C)C.[Pt+2]. The number of nitrogens with zero attached hydrogens (tertiary/aromatic N) is 3. The minimum absolute atomic E-state index is 0. The molecule has 3 nitrogen and oxygen atoms in total. The van der Waals surface area contributed by atoms with Crippen LogP contribution < -0.4 is 0 Å². The summed E-state index contributed by atoms with van der Waals surface area (Å²) in [4.78, 5) is 18.4. The van der Waals surface area contributed by atoms with Gasteiger partial charge in [-0.1, -0.05) is 203 Å². The first kappa shape index (κ1) is 46.3. The van der Waals surface area contributed by atoms with Crippen molar-refractivity contribution >= 4 is 32.2 Å². The summed E-state index contributed by atoms with van der Waals surface area (Å²) in [6, 6.07) is 78.6. The van der Waals surface area contributed by atoms with Crippen LogP contribution in [0.4, 0.5) is 0 Å². The Bertz CT molecular complexity index is 3690. The van der Waals surface area contributed by atoms with Crippen LogP contribution in [0.5, 0.6) is 0 Å². The first-order chi connectivity index (χ1) is 34.0. The maximum Gasteiger partial charge on any atom is 2.00 e. The van der Waals surface area contributed by atoms with Crippen LogP contribution in [-0.4, -0.2) is 15.0 Å². The fourth-order valence-electron chi connectivity index (χ4n) is 10.8. The van der Waals surface area contributed by atoms with Gasteiger partial charge in [-0.2, -0.15) is 11.3 Å². The Balaban J connectivity index is 0.00000547. The normalized spacial score (nSPS) is 12.9. The Hall–Kier alpha value is -7.10. The van der Waals surface area contributed by atoms with Crippen molar-refractivity contribution in [2.75, 3.05) is 0 Å². The maximum absolute atomic E-state index is 5.92. The first-order valence-electron chi connectivity index (χ1n) is 24.2. The minimum atomic E-state index is -0.918. The molecule has 0 unspecified atom stereocenters. The van der Waals surface area contributed by atoms with E-state index in [-0.39, 0.29) is 31.9 Å². The molecule has 0 aliphatic heterocycles. The number of thiophene rings is 1. The van der Waals surface area contributed by atoms with Gasteiger partial charge in [0.15, 0.2) is 0 Å². The second kappa shape index (κ2) is 17.9. The quantitative estimate of drug-likeness (QED) is 0.149. The Morgan fingerprint density at radius 2 is 1.03 bits per heavy atom. The van der Waals surface area contributed by atoms with Crippen LogP contribution >= 0.6 is 11.3 Å². The number of hydrogen-bond acceptors (Lipinski definition) is 4. The van der Waals surface area contributed by atoms with E-state index in [1.165, 1.54) is 37.0 Å². The van der Waals surface area contributed by atoms with Crippen molar-refractivity contribution in [1.82, 2.24) is 15.0 Å². The summed E-state index contributed by atoms with van der Waals surface area (Å²) in [5.41, 5.74) is 16.4. The molecule has 0 amide bonds. The van der Waals surface area contributed by atoms with Crippen LogP contribution in [0, 0.1) is 12.1 Å². The topological polar surface area (TPSA) is 38.7 Å². The van der Waals surface area contributed by atoms with Gasteiger partial charge in [-0.3, -0.25) is 9.97 Å². The fourth-order valence-corrected chi connectivity index (χ4v) is 12.4. The van der Waals surface area contributed by atoms with Crippen LogP contribution in [0.25, 0.3) is 88.1 Å². The van der Waals surface area contributed by atoms with Crippen molar-refractivity contribution in [3.63, 3.8) is 0 Å². The number of fused-ring (bicyclic) bond motifs is 6. The van der Waals surface area contributed by atoms with E-state index in [0.717, 1.165) is 84.1 Å². The zero-order chi connectivity index (χ0) is 47.8. The van der Waals surface area contributed by atoms with E-state index in [2.05, 4.69) is 242 Å². The third-order valence-electron chi connectivity index (χ3n) is 13.9. The number of benzene rings is 7. The summed E-state index contributed by atoms with van der Waals surface area (Å²) in [7, 11) is 0. The standard InChI is InChI=1S/C66H51N3S.Pt/c1-64(2,3)61-60-48-30-17-16-29-45(48)37-51(62(60)70-63(61)65(4,5)6)54-35-22-36-58(68-54)66(52-33-20-18-31-49(52)50-32-19-21-34-53(50)66)59-41-47(40-57(69-59)44-27-14-9-15-28-44)46-38-55(42-23-10-7-11-24-42)67-56(39-46)43-25-12-8-13-26-43;/h7-27,29-36,38-41H,1-6H3;/q-2;+2. The van der Waals surface area contributed by atoms with Gasteiger partial charge in [0.05, 0.1) is 22.8 Å². The van der Waals surface area contributed by atoms with Gasteiger partial charge in [0.1, 0.15) is 5.41 Å². The van der Waals surface area contributed by atoms with E-state index in [1.54, 1.807) is 0 Å². The van der Waals surface area contributed by atoms with Crippen LogP contribution in [0.1, 0.15) is 74.5 Å². The molecule has 11 aromatic rings. The summed E-state index contributed by atoms with van der Waals surface area (Å²) in [5.74, 6) is 0. The predicted octanol–water partition coefficient (Wildman–Crippen LogP) is 17.1. The van der Waals surface area contributed by atoms with Crippen molar-refractivity contribution in [3.05, 3.63) is 245 Å². The zero-order valence-corrected chi connectivity index (χ0v) is 43.7. The van der Waals surface area contributed by atoms with Gasteiger partial charge in [-0.15, -0.1) is 53.4 Å². The molecule has 346 valence electrons. The average Bonchev–Trinajstić information content (AvgIpc) is 3.97. The summed E-state index contributed by atoms with van der Waals surface area (Å²) in [5, 5.41) is 3.63. The number of pyridine rings is 3. The molecule has 5 heteroatoms. The van der Waals surface area contributed by atoms with Gasteiger partial charge in [0.25, 0.3) is 0 Å². The maximum atomic E-state index is 5.92. The molecule has 0 spiro atoms. The first-order valence-corrected chi connectivity index (χ1v) is 25.0. The molecule has 0 saturated heterocycles. The van der Waals surface area contributed by atoms with Crippen LogP contribution in [0.2, 0.25) is 0 Å². The molecule has 1 aliphatic rings. The van der Waals surface area contributed by atoms with Gasteiger partial charge < -0.3 is 0 Å². The van der Waals surface area contributed by atoms with Gasteiger partial charge >= 0.3 is 21.1 Å². The van der Waals surface area contributed by atoms with E-state index in [4.69, 9.17) is 15.0 Å². The number of rotatable bonds is 7. The third kappa shape index (κ3) is 7.89. The van der Waals surface area contributed by atoms with E-state index in [0.29, 0.717) is 0 Å². The Morgan fingerprint density at radius 1 is 0.465 bits per heavy atom. The molecule has 0 fully saturated rings. The summed E-state index contributed by atoms with van der Waals surface area (Å²) in [6.45, 7) is 14.1. The molecular weight excluding hydrogens is 1060 g/mol. The molecule has 0 N–H and O–H groups in total. The smallest absolute Gasteiger partial charge is 0.300 e.